The van der Waals surface area contributed by atoms with Gasteiger partial charge in [0.2, 0.25) is 0 Å². The Morgan fingerprint density at radius 3 is 2.63 bits per heavy atom. The van der Waals surface area contributed by atoms with Crippen LogP contribution in [0.2, 0.25) is 0 Å². The first-order chi connectivity index (χ1) is 14.3. The molecule has 2 aliphatic heterocycles. The number of ether oxygens (including phenoxy) is 2. The lowest BCUT2D eigenvalue weighted by Crippen LogP contribution is -2.35. The van der Waals surface area contributed by atoms with Crippen LogP contribution in [-0.4, -0.2) is 74.8 Å². The Labute approximate surface area is 177 Å². The minimum atomic E-state index is -0.833. The van der Waals surface area contributed by atoms with Crippen molar-refractivity contribution in [1.82, 2.24) is 10.4 Å². The number of rotatable bonds is 4. The number of benzene rings is 1. The monoisotopic (exact) mass is 444 g/mol. The van der Waals surface area contributed by atoms with E-state index in [1.165, 1.54) is 16.9 Å². The molecule has 30 heavy (non-hydrogen) atoms. The number of hydroxylamine groups is 2. The lowest BCUT2D eigenvalue weighted by molar-refractivity contribution is -0.122. The van der Waals surface area contributed by atoms with E-state index in [-0.39, 0.29) is 44.2 Å². The van der Waals surface area contributed by atoms with E-state index in [9.17, 15) is 18.4 Å². The van der Waals surface area contributed by atoms with E-state index >= 15 is 0 Å². The fourth-order valence-corrected chi connectivity index (χ4v) is 3.31. The standard InChI is InChI=1S/C18H22F2N4O5S/c1-11(30)21-9-13-10-23(17(25)29-13)12-7-14(19)16(15(20)8-12)22-3-4-24(18(26)27-2)28-6-5-22/h7-8,13H,3-6,9-10H2,1-2H3,(H,21,30)/t13-/m0/s1. The second kappa shape index (κ2) is 9.39. The number of anilines is 2. The molecule has 1 atom stereocenters. The fraction of sp³-hybridized carbons (Fsp3) is 0.500. The highest BCUT2D eigenvalue weighted by atomic mass is 32.1. The lowest BCUT2D eigenvalue weighted by Gasteiger charge is -2.24. The third-order valence-corrected chi connectivity index (χ3v) is 4.79. The molecule has 0 aliphatic carbocycles. The maximum Gasteiger partial charge on any atom is 0.433 e. The second-order valence-corrected chi connectivity index (χ2v) is 7.32. The minimum Gasteiger partial charge on any atom is -0.451 e. The number of carbonyl (C=O) groups excluding carboxylic acids is 2. The molecule has 9 nitrogen and oxygen atoms in total. The molecule has 164 valence electrons. The van der Waals surface area contributed by atoms with Crippen molar-refractivity contribution in [2.24, 2.45) is 0 Å². The number of halogens is 2. The number of nitrogens with one attached hydrogen (secondary N) is 1. The van der Waals surface area contributed by atoms with Crippen LogP contribution in [0.5, 0.6) is 0 Å². The van der Waals surface area contributed by atoms with Gasteiger partial charge in [-0.1, -0.05) is 12.2 Å². The Balaban J connectivity index is 1.73. The van der Waals surface area contributed by atoms with Gasteiger partial charge in [0.25, 0.3) is 0 Å². The first-order valence-electron chi connectivity index (χ1n) is 9.25. The predicted molar refractivity (Wildman–Crippen MR) is 108 cm³/mol. The number of carbonyl (C=O) groups is 2. The summed E-state index contributed by atoms with van der Waals surface area (Å²) in [5.74, 6) is -1.67. The van der Waals surface area contributed by atoms with Crippen LogP contribution in [0.25, 0.3) is 0 Å². The quantitative estimate of drug-likeness (QED) is 0.707. The SMILES string of the molecule is COC(=O)N1CCN(c2c(F)cc(N3C[C@H](CNC(C)=S)OC3=O)cc2F)CCO1. The number of methoxy groups -OCH3 is 1. The van der Waals surface area contributed by atoms with Gasteiger partial charge in [0.15, 0.2) is 11.6 Å². The van der Waals surface area contributed by atoms with Crippen LogP contribution in [0.1, 0.15) is 6.92 Å². The molecule has 0 spiro atoms. The summed E-state index contributed by atoms with van der Waals surface area (Å²) in [5.41, 5.74) is -0.196. The van der Waals surface area contributed by atoms with Gasteiger partial charge in [-0.25, -0.2) is 18.4 Å². The van der Waals surface area contributed by atoms with Gasteiger partial charge in [-0.3, -0.25) is 9.74 Å². The van der Waals surface area contributed by atoms with Crippen LogP contribution < -0.4 is 15.1 Å². The molecule has 0 aromatic heterocycles. The van der Waals surface area contributed by atoms with Gasteiger partial charge in [-0.15, -0.1) is 0 Å². The van der Waals surface area contributed by atoms with Crippen LogP contribution >= 0.6 is 12.2 Å². The maximum atomic E-state index is 14.8. The highest BCUT2D eigenvalue weighted by Crippen LogP contribution is 2.31. The van der Waals surface area contributed by atoms with Crippen LogP contribution in [0.15, 0.2) is 12.1 Å². The molecule has 2 heterocycles. The summed E-state index contributed by atoms with van der Waals surface area (Å²) in [4.78, 5) is 32.1. The topological polar surface area (TPSA) is 83.6 Å². The van der Waals surface area contributed by atoms with E-state index < -0.39 is 29.9 Å². The van der Waals surface area contributed by atoms with Gasteiger partial charge in [0.1, 0.15) is 11.8 Å². The summed E-state index contributed by atoms with van der Waals surface area (Å²) in [6.45, 7) is 2.56. The molecule has 1 aromatic rings. The summed E-state index contributed by atoms with van der Waals surface area (Å²) >= 11 is 4.92. The van der Waals surface area contributed by atoms with Gasteiger partial charge >= 0.3 is 12.2 Å². The Morgan fingerprint density at radius 2 is 2.00 bits per heavy atom. The zero-order valence-corrected chi connectivity index (χ0v) is 17.3. The van der Waals surface area contributed by atoms with E-state index in [0.717, 1.165) is 17.2 Å². The van der Waals surface area contributed by atoms with Crippen molar-refractivity contribution in [3.05, 3.63) is 23.8 Å². The molecule has 2 aliphatic rings. The molecule has 12 heteroatoms. The van der Waals surface area contributed by atoms with Crippen molar-refractivity contribution >= 4 is 40.8 Å². The van der Waals surface area contributed by atoms with E-state index in [1.54, 1.807) is 6.92 Å². The molecule has 3 rings (SSSR count). The molecule has 0 bridgehead atoms. The minimum absolute atomic E-state index is 0.0438. The molecule has 2 saturated heterocycles. The molecule has 2 fully saturated rings. The second-order valence-electron chi connectivity index (χ2n) is 6.70. The van der Waals surface area contributed by atoms with E-state index in [4.69, 9.17) is 21.8 Å². The van der Waals surface area contributed by atoms with E-state index in [1.807, 2.05) is 0 Å². The fourth-order valence-electron chi connectivity index (χ4n) is 3.22. The van der Waals surface area contributed by atoms with Gasteiger partial charge in [-0.2, -0.15) is 5.06 Å². The highest BCUT2D eigenvalue weighted by Gasteiger charge is 2.34. The van der Waals surface area contributed by atoms with Gasteiger partial charge in [-0.05, 0) is 6.92 Å². The number of cyclic esters (lactones) is 1. The van der Waals surface area contributed by atoms with Crippen molar-refractivity contribution in [2.75, 3.05) is 56.2 Å². The number of nitrogens with zero attached hydrogens (tertiary/aromatic N) is 3. The molecule has 0 saturated carbocycles. The third-order valence-electron chi connectivity index (χ3n) is 4.64. The van der Waals surface area contributed by atoms with Crippen LogP contribution in [0.4, 0.5) is 29.7 Å². The molecule has 2 amide bonds. The molecular weight excluding hydrogens is 422 g/mol. The first kappa shape index (κ1) is 22.0. The van der Waals surface area contributed by atoms with Crippen molar-refractivity contribution in [3.8, 4) is 0 Å². The Hall–Kier alpha value is -2.73. The van der Waals surface area contributed by atoms with E-state index in [0.29, 0.717) is 11.5 Å². The third kappa shape index (κ3) is 4.87. The summed E-state index contributed by atoms with van der Waals surface area (Å²) in [5, 5.41) is 3.90. The molecular formula is C18H22F2N4O5S. The average molecular weight is 444 g/mol. The molecule has 1 N–H and O–H groups in total. The number of amides is 2. The normalized spacial score (nSPS) is 19.4. The number of thiocarbonyl (C=S) groups is 1. The molecule has 1 aromatic carbocycles. The average Bonchev–Trinajstić information content (AvgIpc) is 2.90. The zero-order chi connectivity index (χ0) is 21.8. The van der Waals surface area contributed by atoms with Crippen molar-refractivity contribution in [2.45, 2.75) is 13.0 Å². The summed E-state index contributed by atoms with van der Waals surface area (Å²) in [6.07, 6.45) is -1.87. The van der Waals surface area contributed by atoms with Crippen LogP contribution in [0.3, 0.4) is 0 Å². The first-order valence-corrected chi connectivity index (χ1v) is 9.66. The smallest absolute Gasteiger partial charge is 0.433 e. The summed E-state index contributed by atoms with van der Waals surface area (Å²) in [6, 6.07) is 2.17. The number of hydrogen-bond acceptors (Lipinski definition) is 7. The van der Waals surface area contributed by atoms with Gasteiger partial charge in [0.05, 0.1) is 44.0 Å². The maximum absolute atomic E-state index is 14.8. The largest absolute Gasteiger partial charge is 0.451 e. The van der Waals surface area contributed by atoms with Gasteiger partial charge < -0.3 is 19.7 Å². The summed E-state index contributed by atoms with van der Waals surface area (Å²) < 4.78 is 39.5. The van der Waals surface area contributed by atoms with Crippen LogP contribution in [-0.2, 0) is 14.3 Å². The summed E-state index contributed by atoms with van der Waals surface area (Å²) in [7, 11) is 1.22. The number of hydrogen-bond donors (Lipinski definition) is 1. The lowest BCUT2D eigenvalue weighted by atomic mass is 10.2. The van der Waals surface area contributed by atoms with Crippen molar-refractivity contribution in [3.63, 3.8) is 0 Å². The Morgan fingerprint density at radius 1 is 1.30 bits per heavy atom. The van der Waals surface area contributed by atoms with Crippen molar-refractivity contribution in [1.29, 1.82) is 0 Å². The van der Waals surface area contributed by atoms with Gasteiger partial charge in [0, 0.05) is 25.2 Å². The Bertz CT molecular complexity index is 820. The molecule has 0 unspecified atom stereocenters. The van der Waals surface area contributed by atoms with Crippen LogP contribution in [0, 0.1) is 11.6 Å². The van der Waals surface area contributed by atoms with E-state index in [2.05, 4.69) is 10.1 Å². The zero-order valence-electron chi connectivity index (χ0n) is 16.5. The Kier molecular flexibility index (Phi) is 6.87. The van der Waals surface area contributed by atoms with Crippen molar-refractivity contribution < 1.29 is 32.7 Å². The predicted octanol–water partition coefficient (Wildman–Crippen LogP) is 2.05. The molecule has 0 radical (unpaired) electrons. The highest BCUT2D eigenvalue weighted by molar-refractivity contribution is 7.80.